The van der Waals surface area contributed by atoms with Gasteiger partial charge in [-0.3, -0.25) is 0 Å². The van der Waals surface area contributed by atoms with Gasteiger partial charge in [-0.1, -0.05) is 31.5 Å². The van der Waals surface area contributed by atoms with E-state index in [2.05, 4.69) is 44.0 Å². The molecule has 0 fully saturated rings. The molecule has 4 aromatic rings. The quantitative estimate of drug-likeness (QED) is 0.310. The Balaban J connectivity index is 1.61. The van der Waals surface area contributed by atoms with Gasteiger partial charge in [0.2, 0.25) is 5.95 Å². The third kappa shape index (κ3) is 5.26. The molecule has 184 valence electrons. The van der Waals surface area contributed by atoms with Gasteiger partial charge in [0.25, 0.3) is 0 Å². The zero-order valence-electron chi connectivity index (χ0n) is 20.5. The molecule has 0 unspecified atom stereocenters. The van der Waals surface area contributed by atoms with Crippen LogP contribution in [0.25, 0.3) is 16.8 Å². The van der Waals surface area contributed by atoms with Gasteiger partial charge in [0.05, 0.1) is 52.8 Å². The SMILES string of the molecule is CCN(CC)CCN(C)c1cc(OC)c(Nc2ncc(Cl)c(-c3cnn4ccccc34)n2)cc1N. The summed E-state index contributed by atoms with van der Waals surface area (Å²) in [6, 6.07) is 9.60. The number of aromatic nitrogens is 4. The monoisotopic (exact) mass is 494 g/mol. The van der Waals surface area contributed by atoms with Crippen LogP contribution in [0.5, 0.6) is 5.75 Å². The fourth-order valence-corrected chi connectivity index (χ4v) is 4.18. The van der Waals surface area contributed by atoms with Crippen molar-refractivity contribution in [3.05, 3.63) is 53.9 Å². The molecule has 1 aromatic carbocycles. The number of halogens is 1. The first-order valence-electron chi connectivity index (χ1n) is 11.6. The molecule has 0 atom stereocenters. The van der Waals surface area contributed by atoms with E-state index in [0.717, 1.165) is 42.9 Å². The lowest BCUT2D eigenvalue weighted by atomic mass is 10.2. The minimum Gasteiger partial charge on any atom is -0.494 e. The Kier molecular flexibility index (Phi) is 7.57. The van der Waals surface area contributed by atoms with E-state index in [1.54, 1.807) is 24.0 Å². The summed E-state index contributed by atoms with van der Waals surface area (Å²) >= 11 is 6.46. The molecular formula is C25H31ClN8O. The third-order valence-corrected chi connectivity index (χ3v) is 6.35. The minimum absolute atomic E-state index is 0.375. The van der Waals surface area contributed by atoms with E-state index in [-0.39, 0.29) is 0 Å². The molecule has 10 heteroatoms. The van der Waals surface area contributed by atoms with Crippen molar-refractivity contribution in [1.82, 2.24) is 24.5 Å². The number of likely N-dealkylation sites (N-methyl/N-ethyl adjacent to an activating group) is 2. The van der Waals surface area contributed by atoms with Gasteiger partial charge >= 0.3 is 0 Å². The molecule has 0 aliphatic rings. The van der Waals surface area contributed by atoms with Crippen LogP contribution in [0.15, 0.2) is 48.9 Å². The van der Waals surface area contributed by atoms with Gasteiger partial charge in [0.1, 0.15) is 5.75 Å². The maximum Gasteiger partial charge on any atom is 0.227 e. The summed E-state index contributed by atoms with van der Waals surface area (Å²) in [5.74, 6) is 1.01. The number of benzene rings is 1. The second-order valence-corrected chi connectivity index (χ2v) is 8.57. The number of nitrogen functional groups attached to an aromatic ring is 1. The molecule has 0 saturated carbocycles. The Morgan fingerprint density at radius 2 is 1.94 bits per heavy atom. The van der Waals surface area contributed by atoms with E-state index in [1.807, 2.05) is 43.6 Å². The van der Waals surface area contributed by atoms with E-state index in [0.29, 0.717) is 33.8 Å². The van der Waals surface area contributed by atoms with Crippen molar-refractivity contribution in [3.63, 3.8) is 0 Å². The number of pyridine rings is 1. The molecule has 0 bridgehead atoms. The molecule has 3 N–H and O–H groups in total. The number of hydrogen-bond donors (Lipinski definition) is 2. The Labute approximate surface area is 210 Å². The van der Waals surface area contributed by atoms with E-state index in [1.165, 1.54) is 0 Å². The second kappa shape index (κ2) is 10.8. The first-order chi connectivity index (χ1) is 16.9. The maximum absolute atomic E-state index is 6.46. The number of nitrogens with zero attached hydrogens (tertiary/aromatic N) is 6. The molecule has 9 nitrogen and oxygen atoms in total. The van der Waals surface area contributed by atoms with E-state index < -0.39 is 0 Å². The molecule has 0 saturated heterocycles. The molecule has 0 amide bonds. The summed E-state index contributed by atoms with van der Waals surface area (Å²) in [6.45, 7) is 8.18. The summed E-state index contributed by atoms with van der Waals surface area (Å²) in [5, 5.41) is 8.06. The van der Waals surface area contributed by atoms with E-state index in [4.69, 9.17) is 22.1 Å². The molecule has 35 heavy (non-hydrogen) atoms. The number of nitrogens with two attached hydrogens (primary N) is 1. The number of ether oxygens (including phenoxy) is 1. The van der Waals surface area contributed by atoms with Crippen molar-refractivity contribution in [3.8, 4) is 17.0 Å². The van der Waals surface area contributed by atoms with Crippen LogP contribution in [-0.4, -0.2) is 64.8 Å². The number of nitrogens with one attached hydrogen (secondary N) is 1. The maximum atomic E-state index is 6.46. The summed E-state index contributed by atoms with van der Waals surface area (Å²) in [6.07, 6.45) is 5.19. The van der Waals surface area contributed by atoms with Gasteiger partial charge in [-0.15, -0.1) is 0 Å². The Morgan fingerprint density at radius 1 is 1.14 bits per heavy atom. The summed E-state index contributed by atoms with van der Waals surface area (Å²) in [4.78, 5) is 13.5. The van der Waals surface area contributed by atoms with Crippen LogP contribution in [0.2, 0.25) is 5.02 Å². The highest BCUT2D eigenvalue weighted by atomic mass is 35.5. The van der Waals surface area contributed by atoms with Crippen molar-refractivity contribution in [2.24, 2.45) is 0 Å². The van der Waals surface area contributed by atoms with Crippen LogP contribution in [-0.2, 0) is 0 Å². The van der Waals surface area contributed by atoms with E-state index in [9.17, 15) is 0 Å². The molecule has 0 radical (unpaired) electrons. The molecule has 0 aliphatic carbocycles. The molecule has 3 heterocycles. The van der Waals surface area contributed by atoms with Crippen LogP contribution in [0.3, 0.4) is 0 Å². The number of methoxy groups -OCH3 is 1. The van der Waals surface area contributed by atoms with Crippen LogP contribution in [0.1, 0.15) is 13.8 Å². The Hall–Kier alpha value is -3.56. The lowest BCUT2D eigenvalue weighted by Gasteiger charge is -2.26. The number of rotatable bonds is 10. The van der Waals surface area contributed by atoms with Crippen LogP contribution >= 0.6 is 11.6 Å². The highest BCUT2D eigenvalue weighted by Gasteiger charge is 2.16. The highest BCUT2D eigenvalue weighted by molar-refractivity contribution is 6.33. The zero-order chi connectivity index (χ0) is 24.9. The predicted octanol–water partition coefficient (Wildman–Crippen LogP) is 4.56. The van der Waals surface area contributed by atoms with Gasteiger partial charge in [-0.05, 0) is 31.3 Å². The van der Waals surface area contributed by atoms with Crippen LogP contribution < -0.4 is 20.7 Å². The van der Waals surface area contributed by atoms with Gasteiger partial charge in [0, 0.05) is 38.0 Å². The second-order valence-electron chi connectivity index (χ2n) is 8.16. The number of fused-ring (bicyclic) bond motifs is 1. The Morgan fingerprint density at radius 3 is 2.69 bits per heavy atom. The normalized spacial score (nSPS) is 11.3. The van der Waals surface area contributed by atoms with Gasteiger partial charge in [-0.25, -0.2) is 14.5 Å². The number of anilines is 4. The van der Waals surface area contributed by atoms with Crippen molar-refractivity contribution < 1.29 is 4.74 Å². The van der Waals surface area contributed by atoms with E-state index >= 15 is 0 Å². The summed E-state index contributed by atoms with van der Waals surface area (Å²) in [7, 11) is 3.66. The fourth-order valence-electron chi connectivity index (χ4n) is 3.99. The van der Waals surface area contributed by atoms with Crippen molar-refractivity contribution in [1.29, 1.82) is 0 Å². The first-order valence-corrected chi connectivity index (χ1v) is 12.0. The fraction of sp³-hybridized carbons (Fsp3) is 0.320. The van der Waals surface area contributed by atoms with Crippen LogP contribution in [0, 0.1) is 0 Å². The lowest BCUT2D eigenvalue weighted by Crippen LogP contribution is -2.33. The smallest absolute Gasteiger partial charge is 0.227 e. The van der Waals surface area contributed by atoms with Gasteiger partial charge in [-0.2, -0.15) is 5.10 Å². The van der Waals surface area contributed by atoms with Crippen molar-refractivity contribution in [2.75, 3.05) is 56.3 Å². The molecule has 0 spiro atoms. The predicted molar refractivity (Wildman–Crippen MR) is 143 cm³/mol. The highest BCUT2D eigenvalue weighted by Crippen LogP contribution is 2.37. The van der Waals surface area contributed by atoms with Gasteiger partial charge in [0.15, 0.2) is 0 Å². The zero-order valence-corrected chi connectivity index (χ0v) is 21.3. The third-order valence-electron chi connectivity index (χ3n) is 6.08. The molecule has 0 aliphatic heterocycles. The molecule has 3 aromatic heterocycles. The lowest BCUT2D eigenvalue weighted by molar-refractivity contribution is 0.311. The Bertz CT molecular complexity index is 1300. The van der Waals surface area contributed by atoms with Gasteiger partial charge < -0.3 is 25.6 Å². The summed E-state index contributed by atoms with van der Waals surface area (Å²) < 4.78 is 7.44. The summed E-state index contributed by atoms with van der Waals surface area (Å²) in [5.41, 5.74) is 11.0. The molecular weight excluding hydrogens is 464 g/mol. The molecule has 4 rings (SSSR count). The average Bonchev–Trinajstić information content (AvgIpc) is 3.30. The first kappa shape index (κ1) is 24.6. The van der Waals surface area contributed by atoms with Crippen LogP contribution in [0.4, 0.5) is 23.0 Å². The minimum atomic E-state index is 0.375. The topological polar surface area (TPSA) is 96.8 Å². The standard InChI is InChI=1S/C25H31ClN8O/c1-5-33(6-2)12-11-32(3)22-14-23(35-4)20(13-19(22)27)30-25-28-16-18(26)24(31-25)17-15-29-34-10-8-7-9-21(17)34/h7-10,13-16H,5-6,11-12,27H2,1-4H3,(H,28,30,31). The number of hydrogen-bond acceptors (Lipinski definition) is 8. The van der Waals surface area contributed by atoms with Crippen molar-refractivity contribution >= 4 is 40.1 Å². The largest absolute Gasteiger partial charge is 0.494 e. The van der Waals surface area contributed by atoms with Crippen molar-refractivity contribution in [2.45, 2.75) is 13.8 Å². The average molecular weight is 495 g/mol.